The van der Waals surface area contributed by atoms with Gasteiger partial charge in [-0.15, -0.1) is 11.3 Å². The predicted octanol–water partition coefficient (Wildman–Crippen LogP) is 1.20. The van der Waals surface area contributed by atoms with E-state index >= 15 is 0 Å². The van der Waals surface area contributed by atoms with Crippen molar-refractivity contribution in [1.29, 1.82) is 0 Å². The minimum absolute atomic E-state index is 0.144. The third kappa shape index (κ3) is 3.12. The molecule has 0 N–H and O–H groups in total. The van der Waals surface area contributed by atoms with Gasteiger partial charge in [-0.1, -0.05) is 0 Å². The molecule has 2 rings (SSSR count). The lowest BCUT2D eigenvalue weighted by molar-refractivity contribution is -0.134. The normalized spacial score (nSPS) is 21.7. The number of aromatic nitrogens is 1. The monoisotopic (exact) mass is 254 g/mol. The molecule has 1 unspecified atom stereocenters. The van der Waals surface area contributed by atoms with Crippen molar-refractivity contribution in [3.05, 3.63) is 15.6 Å². The van der Waals surface area contributed by atoms with Crippen molar-refractivity contribution in [2.45, 2.75) is 26.4 Å². The van der Waals surface area contributed by atoms with Gasteiger partial charge < -0.3 is 9.64 Å². The quantitative estimate of drug-likeness (QED) is 0.813. The van der Waals surface area contributed by atoms with Gasteiger partial charge in [0.25, 0.3) is 0 Å². The van der Waals surface area contributed by atoms with Crippen LogP contribution in [0.4, 0.5) is 0 Å². The van der Waals surface area contributed by atoms with Crippen molar-refractivity contribution in [3.8, 4) is 0 Å². The Labute approximate surface area is 106 Å². The Balaban J connectivity index is 1.96. The molecule has 1 atom stereocenters. The van der Waals surface area contributed by atoms with Gasteiger partial charge in [-0.05, 0) is 20.9 Å². The van der Waals surface area contributed by atoms with E-state index in [0.717, 1.165) is 17.2 Å². The minimum Gasteiger partial charge on any atom is -0.368 e. The highest BCUT2D eigenvalue weighted by Crippen LogP contribution is 2.18. The molecule has 1 aromatic heterocycles. The molecule has 94 valence electrons. The molecule has 1 aliphatic heterocycles. The van der Waals surface area contributed by atoms with Crippen LogP contribution in [0, 0.1) is 13.8 Å². The SMILES string of the molecule is Cc1nc(CC(=O)C2CN(C)CCO2)sc1C. The maximum Gasteiger partial charge on any atom is 0.169 e. The van der Waals surface area contributed by atoms with E-state index in [1.54, 1.807) is 11.3 Å². The standard InChI is InChI=1S/C12H18N2O2S/c1-8-9(2)17-12(13-8)6-10(15)11-7-14(3)4-5-16-11/h11H,4-7H2,1-3H3. The molecular weight excluding hydrogens is 236 g/mol. The maximum absolute atomic E-state index is 12.0. The predicted molar refractivity (Wildman–Crippen MR) is 67.5 cm³/mol. The number of ketones is 1. The highest BCUT2D eigenvalue weighted by molar-refractivity contribution is 7.11. The minimum atomic E-state index is -0.279. The van der Waals surface area contributed by atoms with Crippen LogP contribution < -0.4 is 0 Å². The molecule has 5 heteroatoms. The zero-order valence-electron chi connectivity index (χ0n) is 10.5. The first kappa shape index (κ1) is 12.7. The van der Waals surface area contributed by atoms with Crippen molar-refractivity contribution in [2.75, 3.05) is 26.7 Å². The van der Waals surface area contributed by atoms with Gasteiger partial charge >= 0.3 is 0 Å². The second-order valence-corrected chi connectivity index (χ2v) is 5.80. The number of ether oxygens (including phenoxy) is 1. The molecular formula is C12H18N2O2S. The van der Waals surface area contributed by atoms with Gasteiger partial charge in [0.15, 0.2) is 5.78 Å². The number of likely N-dealkylation sites (N-methyl/N-ethyl adjacent to an activating group) is 1. The Kier molecular flexibility index (Phi) is 3.91. The first-order valence-electron chi connectivity index (χ1n) is 5.82. The number of hydrogen-bond donors (Lipinski definition) is 0. The number of carbonyl (C=O) groups excluding carboxylic acids is 1. The van der Waals surface area contributed by atoms with Crippen LogP contribution in [-0.2, 0) is 16.0 Å². The highest BCUT2D eigenvalue weighted by atomic mass is 32.1. The summed E-state index contributed by atoms with van der Waals surface area (Å²) in [4.78, 5) is 19.8. The number of carbonyl (C=O) groups is 1. The Hall–Kier alpha value is -0.780. The second-order valence-electron chi connectivity index (χ2n) is 4.51. The fraction of sp³-hybridized carbons (Fsp3) is 0.667. The van der Waals surface area contributed by atoms with E-state index in [0.29, 0.717) is 19.6 Å². The number of nitrogens with zero attached hydrogens (tertiary/aromatic N) is 2. The molecule has 4 nitrogen and oxygen atoms in total. The van der Waals surface area contributed by atoms with E-state index in [1.807, 2.05) is 20.9 Å². The van der Waals surface area contributed by atoms with E-state index in [4.69, 9.17) is 4.74 Å². The van der Waals surface area contributed by atoms with Gasteiger partial charge in [-0.3, -0.25) is 4.79 Å². The molecule has 1 saturated heterocycles. The van der Waals surface area contributed by atoms with Crippen LogP contribution in [0.3, 0.4) is 0 Å². The molecule has 0 bridgehead atoms. The molecule has 1 fully saturated rings. The number of rotatable bonds is 3. The van der Waals surface area contributed by atoms with Crippen molar-refractivity contribution in [2.24, 2.45) is 0 Å². The first-order chi connectivity index (χ1) is 8.06. The lowest BCUT2D eigenvalue weighted by atomic mass is 10.1. The Morgan fingerprint density at radius 3 is 2.94 bits per heavy atom. The molecule has 0 aliphatic carbocycles. The van der Waals surface area contributed by atoms with Crippen LogP contribution in [0.25, 0.3) is 0 Å². The third-order valence-electron chi connectivity index (χ3n) is 3.03. The van der Waals surface area contributed by atoms with E-state index in [2.05, 4.69) is 9.88 Å². The first-order valence-corrected chi connectivity index (χ1v) is 6.63. The van der Waals surface area contributed by atoms with Crippen LogP contribution in [0.1, 0.15) is 15.6 Å². The van der Waals surface area contributed by atoms with Gasteiger partial charge in [0.1, 0.15) is 11.1 Å². The van der Waals surface area contributed by atoms with Gasteiger partial charge in [0, 0.05) is 18.0 Å². The number of hydrogen-bond acceptors (Lipinski definition) is 5. The van der Waals surface area contributed by atoms with Crippen molar-refractivity contribution < 1.29 is 9.53 Å². The van der Waals surface area contributed by atoms with Crippen LogP contribution in [0.5, 0.6) is 0 Å². The molecule has 2 heterocycles. The smallest absolute Gasteiger partial charge is 0.169 e. The topological polar surface area (TPSA) is 42.4 Å². The summed E-state index contributed by atoms with van der Waals surface area (Å²) in [6, 6.07) is 0. The summed E-state index contributed by atoms with van der Waals surface area (Å²) in [5, 5.41) is 0.904. The summed E-state index contributed by atoms with van der Waals surface area (Å²) >= 11 is 1.61. The third-order valence-corrected chi connectivity index (χ3v) is 4.10. The van der Waals surface area contributed by atoms with Crippen LogP contribution in [0.2, 0.25) is 0 Å². The van der Waals surface area contributed by atoms with Crippen LogP contribution in [0.15, 0.2) is 0 Å². The van der Waals surface area contributed by atoms with Gasteiger partial charge in [-0.2, -0.15) is 0 Å². The highest BCUT2D eigenvalue weighted by Gasteiger charge is 2.25. The summed E-state index contributed by atoms with van der Waals surface area (Å²) < 4.78 is 5.51. The van der Waals surface area contributed by atoms with Crippen molar-refractivity contribution in [3.63, 3.8) is 0 Å². The van der Waals surface area contributed by atoms with E-state index in [-0.39, 0.29) is 11.9 Å². The van der Waals surface area contributed by atoms with Crippen LogP contribution in [-0.4, -0.2) is 48.5 Å². The Morgan fingerprint density at radius 2 is 2.35 bits per heavy atom. The summed E-state index contributed by atoms with van der Waals surface area (Å²) in [6.07, 6.45) is 0.121. The lowest BCUT2D eigenvalue weighted by Crippen LogP contribution is -2.44. The molecule has 0 radical (unpaired) electrons. The van der Waals surface area contributed by atoms with E-state index in [9.17, 15) is 4.79 Å². The number of aryl methyl sites for hydroxylation is 2. The largest absolute Gasteiger partial charge is 0.368 e. The molecule has 1 aromatic rings. The fourth-order valence-electron chi connectivity index (χ4n) is 1.85. The van der Waals surface area contributed by atoms with Gasteiger partial charge in [0.05, 0.1) is 18.7 Å². The van der Waals surface area contributed by atoms with Gasteiger partial charge in [0.2, 0.25) is 0 Å². The molecule has 17 heavy (non-hydrogen) atoms. The summed E-state index contributed by atoms with van der Waals surface area (Å²) in [6.45, 7) is 6.25. The summed E-state index contributed by atoms with van der Waals surface area (Å²) in [5.74, 6) is 0.144. The maximum atomic E-state index is 12.0. The molecule has 0 saturated carbocycles. The van der Waals surface area contributed by atoms with Crippen LogP contribution >= 0.6 is 11.3 Å². The zero-order valence-corrected chi connectivity index (χ0v) is 11.3. The van der Waals surface area contributed by atoms with E-state index < -0.39 is 0 Å². The Morgan fingerprint density at radius 1 is 1.59 bits per heavy atom. The number of morpholine rings is 1. The zero-order chi connectivity index (χ0) is 12.4. The lowest BCUT2D eigenvalue weighted by Gasteiger charge is -2.28. The molecule has 1 aliphatic rings. The van der Waals surface area contributed by atoms with Crippen molar-refractivity contribution >= 4 is 17.1 Å². The molecule has 0 spiro atoms. The average Bonchev–Trinajstić information content (AvgIpc) is 2.58. The second kappa shape index (κ2) is 5.25. The van der Waals surface area contributed by atoms with Gasteiger partial charge in [-0.25, -0.2) is 4.98 Å². The Bertz CT molecular complexity index is 397. The fourth-order valence-corrected chi connectivity index (χ4v) is 2.79. The van der Waals surface area contributed by atoms with Crippen molar-refractivity contribution in [1.82, 2.24) is 9.88 Å². The van der Waals surface area contributed by atoms with E-state index in [1.165, 1.54) is 4.88 Å². The molecule has 0 aromatic carbocycles. The summed E-state index contributed by atoms with van der Waals surface area (Å²) in [5.41, 5.74) is 1.03. The number of thiazole rings is 1. The summed E-state index contributed by atoms with van der Waals surface area (Å²) in [7, 11) is 2.01. The average molecular weight is 254 g/mol. The number of Topliss-reactive ketones (excluding diaryl/α,β-unsaturated/α-hetero) is 1. The molecule has 0 amide bonds.